The van der Waals surface area contributed by atoms with Crippen molar-refractivity contribution in [3.63, 3.8) is 0 Å². The van der Waals surface area contributed by atoms with Crippen molar-refractivity contribution in [1.29, 1.82) is 0 Å². The minimum atomic E-state index is -0.772. The van der Waals surface area contributed by atoms with Gasteiger partial charge in [0.25, 0.3) is 0 Å². The molecule has 29 heavy (non-hydrogen) atoms. The van der Waals surface area contributed by atoms with Gasteiger partial charge in [0.15, 0.2) is 0 Å². The number of fused-ring (bicyclic) bond motifs is 1. The highest BCUT2D eigenvalue weighted by Crippen LogP contribution is 2.62. The van der Waals surface area contributed by atoms with Gasteiger partial charge in [-0.3, -0.25) is 4.79 Å². The van der Waals surface area contributed by atoms with Crippen LogP contribution in [0.15, 0.2) is 11.6 Å². The summed E-state index contributed by atoms with van der Waals surface area (Å²) in [5.41, 5.74) is 0.900. The van der Waals surface area contributed by atoms with Crippen LogP contribution >= 0.6 is 0 Å². The second-order valence-corrected chi connectivity index (χ2v) is 9.54. The summed E-state index contributed by atoms with van der Waals surface area (Å²) >= 11 is 0. The van der Waals surface area contributed by atoms with Crippen LogP contribution in [-0.2, 0) is 9.53 Å². The third-order valence-corrected chi connectivity index (χ3v) is 8.14. The number of carboxylic acids is 1. The van der Waals surface area contributed by atoms with Gasteiger partial charge in [-0.1, -0.05) is 32.3 Å². The molecule has 3 N–H and O–H groups in total. The van der Waals surface area contributed by atoms with Crippen molar-refractivity contribution in [1.82, 2.24) is 0 Å². The van der Waals surface area contributed by atoms with Crippen molar-refractivity contribution < 1.29 is 24.9 Å². The number of allylic oxidation sites excluding steroid dienone is 1. The Bertz CT molecular complexity index is 582. The van der Waals surface area contributed by atoms with E-state index in [2.05, 4.69) is 13.0 Å². The van der Waals surface area contributed by atoms with Gasteiger partial charge in [-0.15, -0.1) is 0 Å². The molecule has 2 unspecified atom stereocenters. The Morgan fingerprint density at radius 1 is 1.28 bits per heavy atom. The van der Waals surface area contributed by atoms with Crippen LogP contribution in [0.1, 0.15) is 84.0 Å². The summed E-state index contributed by atoms with van der Waals surface area (Å²) in [6.45, 7) is 2.17. The molecule has 0 bridgehead atoms. The lowest BCUT2D eigenvalue weighted by Crippen LogP contribution is -2.65. The van der Waals surface area contributed by atoms with Crippen molar-refractivity contribution in [2.24, 2.45) is 23.7 Å². The number of rotatable bonds is 9. The molecule has 0 aromatic carbocycles. The second-order valence-electron chi connectivity index (χ2n) is 9.54. The molecule has 5 heteroatoms. The Labute approximate surface area is 175 Å². The predicted molar refractivity (Wildman–Crippen MR) is 113 cm³/mol. The van der Waals surface area contributed by atoms with Crippen molar-refractivity contribution >= 4 is 5.97 Å². The molecule has 0 aliphatic heterocycles. The SMILES string of the molecule is CCC1C(=CCCC(=O)O)[C@@]2(OC)CC[C@@H](O)[C@H](CCC(O)C3CCCCC3)[C@@H]12. The normalized spacial score (nSPS) is 37.7. The first-order chi connectivity index (χ1) is 13.9. The lowest BCUT2D eigenvalue weighted by molar-refractivity contribution is -0.182. The van der Waals surface area contributed by atoms with Crippen LogP contribution in [0.3, 0.4) is 0 Å². The first-order valence-corrected chi connectivity index (χ1v) is 11.8. The van der Waals surface area contributed by atoms with E-state index in [1.807, 2.05) is 0 Å². The summed E-state index contributed by atoms with van der Waals surface area (Å²) in [4.78, 5) is 10.9. The number of methoxy groups -OCH3 is 1. The lowest BCUT2D eigenvalue weighted by atomic mass is 9.46. The van der Waals surface area contributed by atoms with Gasteiger partial charge < -0.3 is 20.1 Å². The standard InChI is InChI=1S/C24H40O5/c1-3-17-19(10-7-11-22(27)28)24(29-2)15-14-21(26)18(23(17)24)12-13-20(25)16-8-5-4-6-9-16/h10,16-18,20-21,23,25-26H,3-9,11-15H2,1-2H3,(H,27,28)/t17?,18-,20?,21+,23+,24-/m0/s1. The lowest BCUT2D eigenvalue weighted by Gasteiger charge is -2.63. The van der Waals surface area contributed by atoms with Crippen LogP contribution in [0.4, 0.5) is 0 Å². The van der Waals surface area contributed by atoms with Gasteiger partial charge in [0.1, 0.15) is 0 Å². The van der Waals surface area contributed by atoms with Gasteiger partial charge >= 0.3 is 5.97 Å². The molecule has 0 radical (unpaired) electrons. The van der Waals surface area contributed by atoms with Crippen LogP contribution in [0.25, 0.3) is 0 Å². The number of hydrogen-bond donors (Lipinski definition) is 3. The van der Waals surface area contributed by atoms with E-state index in [-0.39, 0.29) is 36.1 Å². The number of ether oxygens (including phenoxy) is 1. The number of aliphatic hydroxyl groups is 2. The number of carbonyl (C=O) groups is 1. The number of aliphatic hydroxyl groups excluding tert-OH is 2. The number of aliphatic carboxylic acids is 1. The van der Waals surface area contributed by atoms with E-state index in [4.69, 9.17) is 9.84 Å². The zero-order chi connectivity index (χ0) is 21.0. The average molecular weight is 409 g/mol. The van der Waals surface area contributed by atoms with Crippen molar-refractivity contribution in [3.05, 3.63) is 11.6 Å². The molecule has 3 aliphatic rings. The molecule has 3 aliphatic carbocycles. The summed E-state index contributed by atoms with van der Waals surface area (Å²) in [5.74, 6) is 0.396. The van der Waals surface area contributed by atoms with E-state index >= 15 is 0 Å². The Kier molecular flexibility index (Phi) is 7.80. The Hall–Kier alpha value is -0.910. The maximum absolute atomic E-state index is 10.9. The fourth-order valence-electron chi connectivity index (χ4n) is 6.69. The molecule has 0 amide bonds. The molecule has 5 nitrogen and oxygen atoms in total. The zero-order valence-electron chi connectivity index (χ0n) is 18.2. The maximum Gasteiger partial charge on any atom is 0.303 e. The summed E-state index contributed by atoms with van der Waals surface area (Å²) in [6, 6.07) is 0. The molecule has 0 heterocycles. The monoisotopic (exact) mass is 408 g/mol. The van der Waals surface area contributed by atoms with Gasteiger partial charge in [-0.2, -0.15) is 0 Å². The largest absolute Gasteiger partial charge is 0.481 e. The van der Waals surface area contributed by atoms with Gasteiger partial charge in [-0.05, 0) is 74.7 Å². The fraction of sp³-hybridized carbons (Fsp3) is 0.875. The Morgan fingerprint density at radius 2 is 2.00 bits per heavy atom. The van der Waals surface area contributed by atoms with E-state index in [9.17, 15) is 15.0 Å². The third kappa shape index (κ3) is 4.57. The highest BCUT2D eigenvalue weighted by molar-refractivity contribution is 5.66. The molecule has 3 rings (SSSR count). The highest BCUT2D eigenvalue weighted by Gasteiger charge is 2.63. The third-order valence-electron chi connectivity index (χ3n) is 8.14. The molecule has 0 aromatic rings. The summed E-state index contributed by atoms with van der Waals surface area (Å²) < 4.78 is 6.09. The summed E-state index contributed by atoms with van der Waals surface area (Å²) in [6.07, 6.45) is 12.3. The van der Waals surface area contributed by atoms with Crippen LogP contribution in [0, 0.1) is 23.7 Å². The van der Waals surface area contributed by atoms with Crippen LogP contribution in [0.5, 0.6) is 0 Å². The second kappa shape index (κ2) is 9.93. The highest BCUT2D eigenvalue weighted by atomic mass is 16.5. The molecule has 0 aromatic heterocycles. The Balaban J connectivity index is 1.70. The maximum atomic E-state index is 10.9. The molecule has 0 saturated heterocycles. The minimum absolute atomic E-state index is 0.142. The first kappa shape index (κ1) is 22.8. The fourth-order valence-corrected chi connectivity index (χ4v) is 6.69. The summed E-state index contributed by atoms with van der Waals surface area (Å²) in [5, 5.41) is 30.6. The van der Waals surface area contributed by atoms with Crippen molar-refractivity contribution in [3.8, 4) is 0 Å². The molecule has 3 saturated carbocycles. The van der Waals surface area contributed by atoms with Crippen LogP contribution in [0.2, 0.25) is 0 Å². The predicted octanol–water partition coefficient (Wildman–Crippen LogP) is 4.31. The first-order valence-electron chi connectivity index (χ1n) is 11.8. The van der Waals surface area contributed by atoms with Gasteiger partial charge in [0, 0.05) is 19.4 Å². The molecule has 6 atom stereocenters. The van der Waals surface area contributed by atoms with Gasteiger partial charge in [0.2, 0.25) is 0 Å². The van der Waals surface area contributed by atoms with Gasteiger partial charge in [0.05, 0.1) is 17.8 Å². The number of hydrogen-bond acceptors (Lipinski definition) is 4. The van der Waals surface area contributed by atoms with Crippen molar-refractivity contribution in [2.45, 2.75) is 102 Å². The summed E-state index contributed by atoms with van der Waals surface area (Å²) in [7, 11) is 1.76. The Morgan fingerprint density at radius 3 is 2.62 bits per heavy atom. The smallest absolute Gasteiger partial charge is 0.303 e. The van der Waals surface area contributed by atoms with E-state index < -0.39 is 5.97 Å². The minimum Gasteiger partial charge on any atom is -0.481 e. The van der Waals surface area contributed by atoms with Crippen LogP contribution < -0.4 is 0 Å². The number of carboxylic acid groups (broad SMARTS) is 1. The van der Waals surface area contributed by atoms with E-state index in [1.165, 1.54) is 24.8 Å². The molecule has 3 fully saturated rings. The van der Waals surface area contributed by atoms with Gasteiger partial charge in [-0.25, -0.2) is 0 Å². The molecular weight excluding hydrogens is 368 g/mol. The molecular formula is C24H40O5. The molecule has 0 spiro atoms. The molecule has 166 valence electrons. The van der Waals surface area contributed by atoms with E-state index in [0.717, 1.165) is 38.5 Å². The van der Waals surface area contributed by atoms with E-state index in [1.54, 1.807) is 7.11 Å². The average Bonchev–Trinajstić information content (AvgIpc) is 2.72. The van der Waals surface area contributed by atoms with Crippen molar-refractivity contribution in [2.75, 3.05) is 7.11 Å². The topological polar surface area (TPSA) is 87.0 Å². The van der Waals surface area contributed by atoms with Crippen LogP contribution in [-0.4, -0.2) is 46.2 Å². The quantitative estimate of drug-likeness (QED) is 0.495. The zero-order valence-corrected chi connectivity index (χ0v) is 18.2. The van der Waals surface area contributed by atoms with E-state index in [0.29, 0.717) is 24.7 Å².